The molecule has 0 aliphatic rings. The van der Waals surface area contributed by atoms with E-state index in [4.69, 9.17) is 10.9 Å². The zero-order valence-electron chi connectivity index (χ0n) is 10.0. The molecule has 0 heterocycles. The Labute approximate surface area is 92.3 Å². The van der Waals surface area contributed by atoms with Gasteiger partial charge >= 0.3 is 0 Å². The van der Waals surface area contributed by atoms with Crippen LogP contribution in [0.25, 0.3) is 0 Å². The Morgan fingerprint density at radius 2 is 2.13 bits per heavy atom. The molecule has 90 valence electrons. The van der Waals surface area contributed by atoms with Gasteiger partial charge in [0.25, 0.3) is 0 Å². The molecule has 0 saturated heterocycles. The van der Waals surface area contributed by atoms with Gasteiger partial charge in [0.2, 0.25) is 0 Å². The van der Waals surface area contributed by atoms with Crippen molar-refractivity contribution in [2.75, 3.05) is 26.7 Å². The van der Waals surface area contributed by atoms with Gasteiger partial charge in [-0.15, -0.1) is 0 Å². The Balaban J connectivity index is 3.25. The zero-order valence-corrected chi connectivity index (χ0v) is 10.0. The second kappa shape index (κ2) is 8.49. The van der Waals surface area contributed by atoms with Gasteiger partial charge in [-0.3, -0.25) is 0 Å². The van der Waals surface area contributed by atoms with Crippen LogP contribution < -0.4 is 11.1 Å². The number of amidine groups is 1. The van der Waals surface area contributed by atoms with E-state index < -0.39 is 0 Å². The molecule has 5 nitrogen and oxygen atoms in total. The first kappa shape index (κ1) is 14.2. The van der Waals surface area contributed by atoms with Crippen LogP contribution in [-0.4, -0.2) is 48.7 Å². The molecule has 15 heavy (non-hydrogen) atoms. The van der Waals surface area contributed by atoms with E-state index >= 15 is 0 Å². The molecule has 0 amide bonds. The minimum Gasteiger partial charge on any atom is -0.409 e. The van der Waals surface area contributed by atoms with E-state index in [0.717, 1.165) is 25.9 Å². The first-order valence-electron chi connectivity index (χ1n) is 5.45. The lowest BCUT2D eigenvalue weighted by Gasteiger charge is -2.20. The minimum atomic E-state index is 0.231. The molecule has 0 atom stereocenters. The summed E-state index contributed by atoms with van der Waals surface area (Å²) in [6.07, 6.45) is 2.27. The number of rotatable bonds is 8. The summed E-state index contributed by atoms with van der Waals surface area (Å²) in [4.78, 5) is 2.32. The molecule has 0 bridgehead atoms. The Hall–Kier alpha value is -0.810. The minimum absolute atomic E-state index is 0.231. The maximum atomic E-state index is 8.29. The van der Waals surface area contributed by atoms with Gasteiger partial charge in [0.1, 0.15) is 0 Å². The second-order valence-electron chi connectivity index (χ2n) is 4.05. The SMILES string of the molecule is CC(C)N(C)CCCCNCC(N)=NO. The molecule has 5 heteroatoms. The summed E-state index contributed by atoms with van der Waals surface area (Å²) in [5.41, 5.74) is 5.30. The van der Waals surface area contributed by atoms with E-state index in [9.17, 15) is 0 Å². The summed E-state index contributed by atoms with van der Waals surface area (Å²) in [7, 11) is 2.13. The van der Waals surface area contributed by atoms with Crippen molar-refractivity contribution in [1.29, 1.82) is 0 Å². The van der Waals surface area contributed by atoms with Crippen LogP contribution in [0.3, 0.4) is 0 Å². The average Bonchev–Trinajstić information content (AvgIpc) is 2.22. The highest BCUT2D eigenvalue weighted by Crippen LogP contribution is 1.96. The van der Waals surface area contributed by atoms with Crippen molar-refractivity contribution >= 4 is 5.84 Å². The highest BCUT2D eigenvalue weighted by atomic mass is 16.4. The predicted octanol–water partition coefficient (Wildman–Crippen LogP) is 0.443. The summed E-state index contributed by atoms with van der Waals surface area (Å²) in [5.74, 6) is 0.231. The molecule has 0 saturated carbocycles. The van der Waals surface area contributed by atoms with E-state index in [0.29, 0.717) is 12.6 Å². The summed E-state index contributed by atoms with van der Waals surface area (Å²) < 4.78 is 0. The first-order valence-corrected chi connectivity index (χ1v) is 5.45. The van der Waals surface area contributed by atoms with Crippen LogP contribution in [0.2, 0.25) is 0 Å². The fourth-order valence-corrected chi connectivity index (χ4v) is 1.12. The van der Waals surface area contributed by atoms with Crippen LogP contribution >= 0.6 is 0 Å². The Morgan fingerprint density at radius 1 is 1.47 bits per heavy atom. The van der Waals surface area contributed by atoms with Gasteiger partial charge in [-0.1, -0.05) is 5.16 Å². The van der Waals surface area contributed by atoms with Crippen molar-refractivity contribution in [3.05, 3.63) is 0 Å². The fraction of sp³-hybridized carbons (Fsp3) is 0.900. The second-order valence-corrected chi connectivity index (χ2v) is 4.05. The van der Waals surface area contributed by atoms with Crippen LogP contribution in [-0.2, 0) is 0 Å². The normalized spacial score (nSPS) is 12.7. The highest BCUT2D eigenvalue weighted by molar-refractivity contribution is 5.81. The molecule has 0 spiro atoms. The maximum absolute atomic E-state index is 8.29. The van der Waals surface area contributed by atoms with Gasteiger partial charge < -0.3 is 21.2 Å². The standard InChI is InChI=1S/C10H24N4O/c1-9(2)14(3)7-5-4-6-12-8-10(11)13-15/h9,12,15H,4-8H2,1-3H3,(H2,11,13). The quantitative estimate of drug-likeness (QED) is 0.181. The van der Waals surface area contributed by atoms with Crippen LogP contribution in [0.15, 0.2) is 5.16 Å². The monoisotopic (exact) mass is 216 g/mol. The number of nitrogens with two attached hydrogens (primary N) is 1. The molecular weight excluding hydrogens is 192 g/mol. The zero-order chi connectivity index (χ0) is 11.7. The van der Waals surface area contributed by atoms with Gasteiger partial charge in [-0.2, -0.15) is 0 Å². The van der Waals surface area contributed by atoms with E-state index in [-0.39, 0.29) is 5.84 Å². The van der Waals surface area contributed by atoms with Gasteiger partial charge in [0.15, 0.2) is 5.84 Å². The molecule has 0 rings (SSSR count). The van der Waals surface area contributed by atoms with Crippen molar-refractivity contribution < 1.29 is 5.21 Å². The van der Waals surface area contributed by atoms with Crippen molar-refractivity contribution in [1.82, 2.24) is 10.2 Å². The lowest BCUT2D eigenvalue weighted by Crippen LogP contribution is -2.30. The molecule has 0 aromatic rings. The average molecular weight is 216 g/mol. The lowest BCUT2D eigenvalue weighted by atomic mass is 10.2. The van der Waals surface area contributed by atoms with Crippen LogP contribution in [0.4, 0.5) is 0 Å². The summed E-state index contributed by atoms with van der Waals surface area (Å²) in [6, 6.07) is 0.607. The van der Waals surface area contributed by atoms with Crippen LogP contribution in [0.5, 0.6) is 0 Å². The topological polar surface area (TPSA) is 73.9 Å². The predicted molar refractivity (Wildman–Crippen MR) is 63.3 cm³/mol. The Bertz CT molecular complexity index is 182. The molecule has 0 radical (unpaired) electrons. The van der Waals surface area contributed by atoms with Crippen molar-refractivity contribution in [2.45, 2.75) is 32.7 Å². The van der Waals surface area contributed by atoms with E-state index in [1.165, 1.54) is 0 Å². The molecule has 0 aliphatic carbocycles. The first-order chi connectivity index (χ1) is 7.07. The van der Waals surface area contributed by atoms with E-state index in [2.05, 4.69) is 36.3 Å². The maximum Gasteiger partial charge on any atom is 0.153 e. The van der Waals surface area contributed by atoms with Crippen molar-refractivity contribution in [3.63, 3.8) is 0 Å². The van der Waals surface area contributed by atoms with Gasteiger partial charge in [-0.05, 0) is 46.8 Å². The van der Waals surface area contributed by atoms with Crippen LogP contribution in [0, 0.1) is 0 Å². The fourth-order valence-electron chi connectivity index (χ4n) is 1.12. The summed E-state index contributed by atoms with van der Waals surface area (Å²) >= 11 is 0. The third kappa shape index (κ3) is 8.20. The third-order valence-electron chi connectivity index (χ3n) is 2.43. The van der Waals surface area contributed by atoms with E-state index in [1.807, 2.05) is 0 Å². The molecule has 0 fully saturated rings. The summed E-state index contributed by atoms with van der Waals surface area (Å²) in [6.45, 7) is 6.86. The van der Waals surface area contributed by atoms with Gasteiger partial charge in [0.05, 0.1) is 6.54 Å². The van der Waals surface area contributed by atoms with Gasteiger partial charge in [0, 0.05) is 6.04 Å². The molecule has 0 aliphatic heterocycles. The Morgan fingerprint density at radius 3 is 2.67 bits per heavy atom. The van der Waals surface area contributed by atoms with Crippen molar-refractivity contribution in [3.8, 4) is 0 Å². The summed E-state index contributed by atoms with van der Waals surface area (Å²) in [5, 5.41) is 14.3. The molecule has 0 aromatic heterocycles. The number of nitrogens with one attached hydrogen (secondary N) is 1. The third-order valence-corrected chi connectivity index (χ3v) is 2.43. The lowest BCUT2D eigenvalue weighted by molar-refractivity contribution is 0.268. The molecule has 0 unspecified atom stereocenters. The number of nitrogens with zero attached hydrogens (tertiary/aromatic N) is 2. The Kier molecular flexibility index (Phi) is 8.04. The number of oxime groups is 1. The smallest absolute Gasteiger partial charge is 0.153 e. The van der Waals surface area contributed by atoms with Crippen LogP contribution in [0.1, 0.15) is 26.7 Å². The van der Waals surface area contributed by atoms with Crippen molar-refractivity contribution in [2.24, 2.45) is 10.9 Å². The number of hydrogen-bond acceptors (Lipinski definition) is 4. The molecular formula is C10H24N4O. The van der Waals surface area contributed by atoms with Gasteiger partial charge in [-0.25, -0.2) is 0 Å². The number of hydrogen-bond donors (Lipinski definition) is 3. The largest absolute Gasteiger partial charge is 0.409 e. The molecule has 0 aromatic carbocycles. The van der Waals surface area contributed by atoms with E-state index in [1.54, 1.807) is 0 Å². The molecule has 4 N–H and O–H groups in total. The number of unbranched alkanes of at least 4 members (excludes halogenated alkanes) is 1. The highest BCUT2D eigenvalue weighted by Gasteiger charge is 2.01.